The number of benzene rings is 1. The summed E-state index contributed by atoms with van der Waals surface area (Å²) >= 11 is 3.14. The predicted molar refractivity (Wildman–Crippen MR) is 65.4 cm³/mol. The molecule has 0 fully saturated rings. The maximum absolute atomic E-state index is 13.1. The van der Waals surface area contributed by atoms with E-state index in [1.165, 1.54) is 0 Å². The van der Waals surface area contributed by atoms with E-state index in [1.807, 2.05) is 0 Å². The van der Waals surface area contributed by atoms with E-state index in [-0.39, 0.29) is 6.61 Å². The molecule has 8 heteroatoms. The van der Waals surface area contributed by atoms with Gasteiger partial charge in [-0.25, -0.2) is 0 Å². The maximum Gasteiger partial charge on any atom is 0.507 e. The Morgan fingerprint density at radius 3 is 2.00 bits per heavy atom. The van der Waals surface area contributed by atoms with Crippen LogP contribution in [0.2, 0.25) is 0 Å². The van der Waals surface area contributed by atoms with E-state index in [2.05, 4.69) is 25.4 Å². The first-order valence-corrected chi connectivity index (χ1v) is 6.38. The topological polar surface area (TPSA) is 38.7 Å². The molecule has 0 aromatic heterocycles. The van der Waals surface area contributed by atoms with Gasteiger partial charge in [0.05, 0.1) is 6.61 Å². The third kappa shape index (κ3) is 2.35. The Labute approximate surface area is 120 Å². The predicted octanol–water partition coefficient (Wildman–Crippen LogP) is 3.68. The van der Waals surface area contributed by atoms with Crippen molar-refractivity contribution in [1.82, 2.24) is 0 Å². The summed E-state index contributed by atoms with van der Waals surface area (Å²) in [5, 5.41) is 9.30. The maximum atomic E-state index is 13.1. The molecule has 0 radical (unpaired) electrons. The Hall–Kier alpha value is -1.02. The van der Waals surface area contributed by atoms with Gasteiger partial charge in [0.25, 0.3) is 0 Å². The molecule has 1 aliphatic heterocycles. The van der Waals surface area contributed by atoms with Crippen LogP contribution in [-0.4, -0.2) is 23.9 Å². The highest BCUT2D eigenvalue weighted by atomic mass is 79.9. The lowest BCUT2D eigenvalue weighted by molar-refractivity contribution is -0.391. The molecule has 0 bridgehead atoms. The van der Waals surface area contributed by atoms with Gasteiger partial charge in [-0.2, -0.15) is 17.6 Å². The van der Waals surface area contributed by atoms with Gasteiger partial charge in [0.1, 0.15) is 0 Å². The molecule has 20 heavy (non-hydrogen) atoms. The van der Waals surface area contributed by atoms with E-state index in [9.17, 15) is 22.7 Å². The minimum Gasteiger partial charge on any atom is -0.421 e. The van der Waals surface area contributed by atoms with Crippen molar-refractivity contribution in [3.05, 3.63) is 22.2 Å². The summed E-state index contributed by atoms with van der Waals surface area (Å²) in [5.74, 6) is -0.995. The molecule has 1 aromatic rings. The summed E-state index contributed by atoms with van der Waals surface area (Å²) in [7, 11) is 0. The summed E-state index contributed by atoms with van der Waals surface area (Å²) in [6.45, 7) is 3.06. The van der Waals surface area contributed by atoms with E-state index >= 15 is 0 Å². The van der Waals surface area contributed by atoms with E-state index in [0.717, 1.165) is 12.1 Å². The Kier molecular flexibility index (Phi) is 3.45. The highest BCUT2D eigenvalue weighted by Crippen LogP contribution is 2.49. The van der Waals surface area contributed by atoms with Crippen LogP contribution >= 0.6 is 15.9 Å². The number of aliphatic hydroxyl groups is 1. The number of hydrogen-bond acceptors (Lipinski definition) is 3. The first-order chi connectivity index (χ1) is 9.00. The van der Waals surface area contributed by atoms with Gasteiger partial charge in [-0.15, -0.1) is 0 Å². The van der Waals surface area contributed by atoms with Crippen molar-refractivity contribution < 1.29 is 32.1 Å². The Morgan fingerprint density at radius 2 is 1.55 bits per heavy atom. The first kappa shape index (κ1) is 15.4. The lowest BCUT2D eigenvalue weighted by atomic mass is 9.85. The second-order valence-electron chi connectivity index (χ2n) is 5.06. The van der Waals surface area contributed by atoms with Crippen LogP contribution in [0, 0.1) is 0 Å². The second kappa shape index (κ2) is 4.49. The molecule has 0 atom stereocenters. The van der Waals surface area contributed by atoms with Crippen LogP contribution in [0.3, 0.4) is 0 Å². The highest BCUT2D eigenvalue weighted by molar-refractivity contribution is 9.10. The average molecular weight is 359 g/mol. The normalized spacial score (nSPS) is 19.8. The second-order valence-corrected chi connectivity index (χ2v) is 5.91. The zero-order chi connectivity index (χ0) is 15.3. The minimum absolute atomic E-state index is 0.266. The van der Waals surface area contributed by atoms with Gasteiger partial charge in [0, 0.05) is 9.89 Å². The quantitative estimate of drug-likeness (QED) is 0.819. The van der Waals surface area contributed by atoms with Crippen molar-refractivity contribution >= 4 is 15.9 Å². The summed E-state index contributed by atoms with van der Waals surface area (Å²) < 4.78 is 60.7. The number of fused-ring (bicyclic) bond motifs is 1. The van der Waals surface area contributed by atoms with Gasteiger partial charge < -0.3 is 14.6 Å². The molecule has 0 saturated heterocycles. The number of aliphatic hydroxyl groups excluding tert-OH is 1. The van der Waals surface area contributed by atoms with Crippen LogP contribution < -0.4 is 9.47 Å². The molecule has 1 aliphatic rings. The zero-order valence-corrected chi connectivity index (χ0v) is 12.1. The molecular weight excluding hydrogens is 348 g/mol. The first-order valence-electron chi connectivity index (χ1n) is 5.59. The van der Waals surface area contributed by atoms with Gasteiger partial charge in [-0.05, 0) is 17.7 Å². The van der Waals surface area contributed by atoms with Crippen molar-refractivity contribution in [1.29, 1.82) is 0 Å². The summed E-state index contributed by atoms with van der Waals surface area (Å²) in [6.07, 6.45) is -9.50. The number of ether oxygens (including phenoxy) is 2. The molecule has 1 aromatic carbocycles. The highest BCUT2D eigenvalue weighted by Gasteiger charge is 2.66. The molecule has 2 rings (SSSR count). The lowest BCUT2D eigenvalue weighted by Gasteiger charge is -2.33. The molecule has 0 spiro atoms. The van der Waals surface area contributed by atoms with Gasteiger partial charge >= 0.3 is 12.2 Å². The Bertz CT molecular complexity index is 546. The fourth-order valence-corrected chi connectivity index (χ4v) is 2.55. The third-order valence-electron chi connectivity index (χ3n) is 2.97. The average Bonchev–Trinajstić information content (AvgIpc) is 2.30. The summed E-state index contributed by atoms with van der Waals surface area (Å²) in [6, 6.07) is 2.27. The summed E-state index contributed by atoms with van der Waals surface area (Å²) in [4.78, 5) is 0. The van der Waals surface area contributed by atoms with Crippen LogP contribution in [0.4, 0.5) is 17.6 Å². The minimum atomic E-state index is -4.76. The molecule has 0 aliphatic carbocycles. The molecular formula is C12H11BrF4O3. The molecule has 112 valence electrons. The smallest absolute Gasteiger partial charge is 0.421 e. The number of halogens is 5. The van der Waals surface area contributed by atoms with E-state index in [1.54, 1.807) is 13.8 Å². The monoisotopic (exact) mass is 358 g/mol. The van der Waals surface area contributed by atoms with Crippen molar-refractivity contribution in [3.8, 4) is 11.5 Å². The number of alkyl halides is 4. The zero-order valence-electron chi connectivity index (χ0n) is 10.5. The standard InChI is InChI=1S/C12H11BrF4O3/c1-10(2,5-18)6-3-8-9(4-7(6)13)20-12(16,17)11(14,15)19-8/h3-4,18H,5H2,1-2H3. The molecule has 1 heterocycles. The SMILES string of the molecule is CC(C)(CO)c1cc2c(cc1Br)OC(F)(F)C(F)(F)O2. The molecule has 0 unspecified atom stereocenters. The van der Waals surface area contributed by atoms with Gasteiger partial charge in [-0.3, -0.25) is 0 Å². The Morgan fingerprint density at radius 1 is 1.10 bits per heavy atom. The van der Waals surface area contributed by atoms with Gasteiger partial charge in [0.2, 0.25) is 0 Å². The fraction of sp³-hybridized carbons (Fsp3) is 0.500. The van der Waals surface area contributed by atoms with Gasteiger partial charge in [-0.1, -0.05) is 29.8 Å². The number of hydrogen-bond donors (Lipinski definition) is 1. The van der Waals surface area contributed by atoms with Gasteiger partial charge in [0.15, 0.2) is 11.5 Å². The lowest BCUT2D eigenvalue weighted by Crippen LogP contribution is -2.52. The van der Waals surface area contributed by atoms with Crippen molar-refractivity contribution in [2.24, 2.45) is 0 Å². The van der Waals surface area contributed by atoms with E-state index in [4.69, 9.17) is 0 Å². The fourth-order valence-electron chi connectivity index (χ4n) is 1.69. The van der Waals surface area contributed by atoms with Crippen LogP contribution in [-0.2, 0) is 5.41 Å². The van der Waals surface area contributed by atoms with Crippen molar-refractivity contribution in [3.63, 3.8) is 0 Å². The van der Waals surface area contributed by atoms with E-state index < -0.39 is 29.1 Å². The molecule has 0 amide bonds. The summed E-state index contributed by atoms with van der Waals surface area (Å²) in [5.41, 5.74) is -0.338. The van der Waals surface area contributed by atoms with Crippen LogP contribution in [0.25, 0.3) is 0 Å². The molecule has 0 saturated carbocycles. The molecule has 3 nitrogen and oxygen atoms in total. The van der Waals surface area contributed by atoms with Crippen LogP contribution in [0.5, 0.6) is 11.5 Å². The van der Waals surface area contributed by atoms with E-state index in [0.29, 0.717) is 10.0 Å². The van der Waals surface area contributed by atoms with Crippen LogP contribution in [0.1, 0.15) is 19.4 Å². The largest absolute Gasteiger partial charge is 0.507 e. The van der Waals surface area contributed by atoms with Crippen LogP contribution in [0.15, 0.2) is 16.6 Å². The van der Waals surface area contributed by atoms with Crippen molar-refractivity contribution in [2.75, 3.05) is 6.61 Å². The number of rotatable bonds is 2. The Balaban J connectivity index is 2.54. The molecule has 1 N–H and O–H groups in total. The third-order valence-corrected chi connectivity index (χ3v) is 3.63. The van der Waals surface area contributed by atoms with Crippen molar-refractivity contribution in [2.45, 2.75) is 31.5 Å².